The van der Waals surface area contributed by atoms with Crippen molar-refractivity contribution in [1.82, 2.24) is 9.88 Å². The number of esters is 1. The van der Waals surface area contributed by atoms with Crippen molar-refractivity contribution in [3.8, 4) is 0 Å². The van der Waals surface area contributed by atoms with Gasteiger partial charge in [0.15, 0.2) is 0 Å². The summed E-state index contributed by atoms with van der Waals surface area (Å²) in [6.45, 7) is 1.32. The van der Waals surface area contributed by atoms with Crippen molar-refractivity contribution in [3.63, 3.8) is 0 Å². The molecule has 1 fully saturated rings. The van der Waals surface area contributed by atoms with Gasteiger partial charge in [0.2, 0.25) is 0 Å². The van der Waals surface area contributed by atoms with Crippen molar-refractivity contribution in [3.05, 3.63) is 30.1 Å². The van der Waals surface area contributed by atoms with Crippen LogP contribution in [0.3, 0.4) is 0 Å². The Morgan fingerprint density at radius 1 is 1.61 bits per heavy atom. The lowest BCUT2D eigenvalue weighted by atomic mass is 9.98. The molecule has 2 atom stereocenters. The minimum atomic E-state index is -0.657. The van der Waals surface area contributed by atoms with Gasteiger partial charge in [-0.15, -0.1) is 0 Å². The number of nitrogens with zero attached hydrogens (tertiary/aromatic N) is 2. The van der Waals surface area contributed by atoms with Crippen molar-refractivity contribution < 1.29 is 14.6 Å². The molecule has 0 aromatic carbocycles. The third kappa shape index (κ3) is 2.86. The predicted molar refractivity (Wildman–Crippen MR) is 65.7 cm³/mol. The number of aliphatic hydroxyl groups is 1. The maximum Gasteiger partial charge on any atom is 0.325 e. The molecule has 0 saturated carbocycles. The van der Waals surface area contributed by atoms with Crippen LogP contribution in [0.4, 0.5) is 0 Å². The van der Waals surface area contributed by atoms with E-state index in [1.807, 2.05) is 23.1 Å². The van der Waals surface area contributed by atoms with Crippen molar-refractivity contribution in [1.29, 1.82) is 0 Å². The molecular weight excluding hydrogens is 232 g/mol. The van der Waals surface area contributed by atoms with Crippen LogP contribution in [-0.2, 0) is 16.1 Å². The van der Waals surface area contributed by atoms with Crippen LogP contribution in [0.5, 0.6) is 0 Å². The average molecular weight is 250 g/mol. The molecule has 0 spiro atoms. The first-order chi connectivity index (χ1) is 8.72. The number of carbonyl (C=O) groups is 1. The Balaban J connectivity index is 2.11. The summed E-state index contributed by atoms with van der Waals surface area (Å²) in [6.07, 6.45) is 2.58. The average Bonchev–Trinajstić information content (AvgIpc) is 2.39. The highest BCUT2D eigenvalue weighted by molar-refractivity contribution is 5.76. The van der Waals surface area contributed by atoms with Gasteiger partial charge in [-0.05, 0) is 31.5 Å². The number of hydrogen-bond acceptors (Lipinski definition) is 5. The summed E-state index contributed by atoms with van der Waals surface area (Å²) < 4.78 is 4.77. The first-order valence-electron chi connectivity index (χ1n) is 6.12. The van der Waals surface area contributed by atoms with Crippen molar-refractivity contribution >= 4 is 5.97 Å². The smallest absolute Gasteiger partial charge is 0.325 e. The van der Waals surface area contributed by atoms with Gasteiger partial charge in [-0.2, -0.15) is 0 Å². The SMILES string of the molecule is COC(=O)[C@@H]1[C@@H](O)CCCN1Cc1ccccn1. The molecular formula is C13H18N2O3. The zero-order valence-corrected chi connectivity index (χ0v) is 10.5. The Hall–Kier alpha value is -1.46. The maximum atomic E-state index is 11.7. The summed E-state index contributed by atoms with van der Waals surface area (Å²) in [6, 6.07) is 5.10. The third-order valence-electron chi connectivity index (χ3n) is 3.24. The standard InChI is InChI=1S/C13H18N2O3/c1-18-13(17)12-11(16)6-4-8-15(12)9-10-5-2-3-7-14-10/h2-3,5,7,11-12,16H,4,6,8-9H2,1H3/t11-,12-/m0/s1. The Morgan fingerprint density at radius 2 is 2.44 bits per heavy atom. The molecule has 2 heterocycles. The molecule has 0 radical (unpaired) electrons. The Kier molecular flexibility index (Phi) is 4.28. The van der Waals surface area contributed by atoms with Gasteiger partial charge in [0, 0.05) is 12.7 Å². The van der Waals surface area contributed by atoms with Gasteiger partial charge in [-0.25, -0.2) is 0 Å². The van der Waals surface area contributed by atoms with E-state index in [0.717, 1.165) is 18.7 Å². The lowest BCUT2D eigenvalue weighted by Crippen LogP contribution is -2.52. The van der Waals surface area contributed by atoms with E-state index in [-0.39, 0.29) is 5.97 Å². The Bertz CT molecular complexity index is 396. The van der Waals surface area contributed by atoms with Gasteiger partial charge in [0.25, 0.3) is 0 Å². The molecule has 2 rings (SSSR count). The molecule has 1 aliphatic heterocycles. The molecule has 0 bridgehead atoms. The lowest BCUT2D eigenvalue weighted by Gasteiger charge is -2.36. The van der Waals surface area contributed by atoms with E-state index in [9.17, 15) is 9.90 Å². The predicted octanol–water partition coefficient (Wildman–Crippen LogP) is 0.580. The molecule has 1 aromatic rings. The molecule has 0 unspecified atom stereocenters. The van der Waals surface area contributed by atoms with Crippen LogP contribution in [-0.4, -0.2) is 46.8 Å². The van der Waals surface area contributed by atoms with E-state index < -0.39 is 12.1 Å². The maximum absolute atomic E-state index is 11.7. The molecule has 98 valence electrons. The van der Waals surface area contributed by atoms with Gasteiger partial charge < -0.3 is 9.84 Å². The quantitative estimate of drug-likeness (QED) is 0.795. The van der Waals surface area contributed by atoms with Gasteiger partial charge in [0.05, 0.1) is 18.9 Å². The van der Waals surface area contributed by atoms with Crippen molar-refractivity contribution in [2.24, 2.45) is 0 Å². The number of hydrogen-bond donors (Lipinski definition) is 1. The number of rotatable bonds is 3. The topological polar surface area (TPSA) is 62.7 Å². The normalized spacial score (nSPS) is 24.8. The number of likely N-dealkylation sites (tertiary alicyclic amines) is 1. The van der Waals surface area contributed by atoms with E-state index >= 15 is 0 Å². The second-order valence-corrected chi connectivity index (χ2v) is 4.47. The van der Waals surface area contributed by atoms with E-state index in [1.165, 1.54) is 7.11 Å². The fourth-order valence-electron chi connectivity index (χ4n) is 2.35. The molecule has 0 aliphatic carbocycles. The van der Waals surface area contributed by atoms with Gasteiger partial charge in [-0.1, -0.05) is 6.07 Å². The highest BCUT2D eigenvalue weighted by atomic mass is 16.5. The van der Waals surface area contributed by atoms with E-state index in [4.69, 9.17) is 4.74 Å². The number of aliphatic hydroxyl groups excluding tert-OH is 1. The third-order valence-corrected chi connectivity index (χ3v) is 3.24. The first kappa shape index (κ1) is 13.0. The Morgan fingerprint density at radius 3 is 3.11 bits per heavy atom. The van der Waals surface area contributed by atoms with Crippen LogP contribution in [0, 0.1) is 0 Å². The highest BCUT2D eigenvalue weighted by Crippen LogP contribution is 2.20. The molecule has 5 nitrogen and oxygen atoms in total. The second-order valence-electron chi connectivity index (χ2n) is 4.47. The minimum absolute atomic E-state index is 0.377. The molecule has 1 N–H and O–H groups in total. The first-order valence-corrected chi connectivity index (χ1v) is 6.12. The van der Waals surface area contributed by atoms with E-state index in [0.29, 0.717) is 13.0 Å². The number of pyridine rings is 1. The van der Waals surface area contributed by atoms with E-state index in [1.54, 1.807) is 6.20 Å². The zero-order valence-electron chi connectivity index (χ0n) is 10.5. The number of methoxy groups -OCH3 is 1. The number of ether oxygens (including phenoxy) is 1. The number of aromatic nitrogens is 1. The van der Waals surface area contributed by atoms with Gasteiger partial charge in [-0.3, -0.25) is 14.7 Å². The monoisotopic (exact) mass is 250 g/mol. The molecule has 1 aromatic heterocycles. The molecule has 18 heavy (non-hydrogen) atoms. The van der Waals surface area contributed by atoms with Crippen molar-refractivity contribution in [2.45, 2.75) is 31.5 Å². The van der Waals surface area contributed by atoms with Crippen LogP contribution in [0.25, 0.3) is 0 Å². The van der Waals surface area contributed by atoms with Crippen LogP contribution in [0.2, 0.25) is 0 Å². The number of carbonyl (C=O) groups excluding carboxylic acids is 1. The summed E-state index contributed by atoms with van der Waals surface area (Å²) in [4.78, 5) is 17.9. The summed E-state index contributed by atoms with van der Waals surface area (Å²) in [5.41, 5.74) is 0.889. The highest BCUT2D eigenvalue weighted by Gasteiger charge is 2.36. The summed E-state index contributed by atoms with van der Waals surface area (Å²) in [5.74, 6) is -0.377. The molecule has 5 heteroatoms. The summed E-state index contributed by atoms with van der Waals surface area (Å²) >= 11 is 0. The Labute approximate surface area is 106 Å². The fraction of sp³-hybridized carbons (Fsp3) is 0.538. The number of piperidine rings is 1. The fourth-order valence-corrected chi connectivity index (χ4v) is 2.35. The summed E-state index contributed by atoms with van der Waals surface area (Å²) in [7, 11) is 1.35. The van der Waals surface area contributed by atoms with Gasteiger partial charge in [0.1, 0.15) is 6.04 Å². The van der Waals surface area contributed by atoms with Crippen LogP contribution in [0.15, 0.2) is 24.4 Å². The van der Waals surface area contributed by atoms with Gasteiger partial charge >= 0.3 is 5.97 Å². The minimum Gasteiger partial charge on any atom is -0.468 e. The van der Waals surface area contributed by atoms with Crippen LogP contribution in [0.1, 0.15) is 18.5 Å². The lowest BCUT2D eigenvalue weighted by molar-refractivity contribution is -0.154. The van der Waals surface area contributed by atoms with E-state index in [2.05, 4.69) is 4.98 Å². The summed E-state index contributed by atoms with van der Waals surface area (Å²) in [5, 5.41) is 9.96. The van der Waals surface area contributed by atoms with Crippen LogP contribution < -0.4 is 0 Å². The van der Waals surface area contributed by atoms with Crippen molar-refractivity contribution in [2.75, 3.05) is 13.7 Å². The zero-order chi connectivity index (χ0) is 13.0. The second kappa shape index (κ2) is 5.93. The molecule has 1 aliphatic rings. The van der Waals surface area contributed by atoms with Crippen LogP contribution >= 0.6 is 0 Å². The molecule has 0 amide bonds. The largest absolute Gasteiger partial charge is 0.468 e. The molecule has 1 saturated heterocycles.